The summed E-state index contributed by atoms with van der Waals surface area (Å²) in [6.07, 6.45) is 0.363. The van der Waals surface area contributed by atoms with Crippen molar-refractivity contribution in [1.82, 2.24) is 0 Å². The van der Waals surface area contributed by atoms with Crippen LogP contribution in [-0.2, 0) is 16.1 Å². The molecular formula is C23H25NO2. The van der Waals surface area contributed by atoms with E-state index in [1.54, 1.807) is 0 Å². The van der Waals surface area contributed by atoms with Gasteiger partial charge in [0.25, 0.3) is 0 Å². The summed E-state index contributed by atoms with van der Waals surface area (Å²) in [5, 5.41) is 3.17. The summed E-state index contributed by atoms with van der Waals surface area (Å²) in [4.78, 5) is 11.5. The smallest absolute Gasteiger partial charge is 0.307 e. The minimum absolute atomic E-state index is 0.188. The van der Waals surface area contributed by atoms with Gasteiger partial charge in [-0.1, -0.05) is 84.4 Å². The minimum Gasteiger partial charge on any atom is -0.461 e. The molecule has 0 atom stereocenters. The zero-order valence-corrected chi connectivity index (χ0v) is 15.1. The van der Waals surface area contributed by atoms with Crippen LogP contribution in [0.3, 0.4) is 0 Å². The van der Waals surface area contributed by atoms with Gasteiger partial charge in [-0.25, -0.2) is 0 Å². The summed E-state index contributed by atoms with van der Waals surface area (Å²) >= 11 is 0. The highest BCUT2D eigenvalue weighted by molar-refractivity contribution is 5.70. The number of para-hydroxylation sites is 1. The Morgan fingerprint density at radius 1 is 0.808 bits per heavy atom. The third-order valence-corrected chi connectivity index (χ3v) is 3.62. The van der Waals surface area contributed by atoms with E-state index in [0.717, 1.165) is 11.3 Å². The van der Waals surface area contributed by atoms with Crippen LogP contribution < -0.4 is 5.32 Å². The number of hydrogen-bond donors (Lipinski definition) is 1. The highest BCUT2D eigenvalue weighted by Gasteiger charge is 2.02. The molecule has 0 aliphatic heterocycles. The molecule has 3 nitrogen and oxygen atoms in total. The lowest BCUT2D eigenvalue weighted by Gasteiger charge is -2.07. The largest absolute Gasteiger partial charge is 0.461 e. The van der Waals surface area contributed by atoms with Crippen LogP contribution in [0.2, 0.25) is 0 Å². The number of anilines is 1. The predicted octanol–water partition coefficient (Wildman–Crippen LogP) is 5.23. The maximum absolute atomic E-state index is 11.5. The van der Waals surface area contributed by atoms with Crippen molar-refractivity contribution in [2.45, 2.75) is 20.0 Å². The normalized spacial score (nSPS) is 9.58. The second kappa shape index (κ2) is 11.5. The average molecular weight is 347 g/mol. The van der Waals surface area contributed by atoms with Gasteiger partial charge >= 0.3 is 5.97 Å². The summed E-state index contributed by atoms with van der Waals surface area (Å²) in [5.41, 5.74) is 3.34. The van der Waals surface area contributed by atoms with Crippen LogP contribution in [0.15, 0.2) is 91.0 Å². The Hall–Kier alpha value is -3.07. The minimum atomic E-state index is -0.188. The Morgan fingerprint density at radius 2 is 1.35 bits per heavy atom. The molecule has 0 aromatic heterocycles. The van der Waals surface area contributed by atoms with E-state index >= 15 is 0 Å². The van der Waals surface area contributed by atoms with E-state index < -0.39 is 0 Å². The Labute approximate surface area is 155 Å². The third-order valence-electron chi connectivity index (χ3n) is 3.62. The van der Waals surface area contributed by atoms with Crippen molar-refractivity contribution in [2.24, 2.45) is 0 Å². The van der Waals surface area contributed by atoms with Gasteiger partial charge in [-0.3, -0.25) is 4.79 Å². The maximum atomic E-state index is 11.5. The van der Waals surface area contributed by atoms with Crippen molar-refractivity contribution in [3.05, 3.63) is 102 Å². The lowest BCUT2D eigenvalue weighted by atomic mass is 10.2. The quantitative estimate of drug-likeness (QED) is 0.621. The van der Waals surface area contributed by atoms with Crippen LogP contribution in [0.25, 0.3) is 0 Å². The molecule has 1 N–H and O–H groups in total. The van der Waals surface area contributed by atoms with Gasteiger partial charge in [0.2, 0.25) is 0 Å². The van der Waals surface area contributed by atoms with Crippen LogP contribution in [0, 0.1) is 6.92 Å². The molecule has 134 valence electrons. The topological polar surface area (TPSA) is 38.3 Å². The first kappa shape index (κ1) is 19.3. The van der Waals surface area contributed by atoms with Gasteiger partial charge in [-0.05, 0) is 24.6 Å². The predicted molar refractivity (Wildman–Crippen MR) is 107 cm³/mol. The summed E-state index contributed by atoms with van der Waals surface area (Å²) < 4.78 is 5.19. The Balaban J connectivity index is 0.000000290. The summed E-state index contributed by atoms with van der Waals surface area (Å²) in [6.45, 7) is 3.00. The lowest BCUT2D eigenvalue weighted by molar-refractivity contribution is -0.144. The number of esters is 1. The first-order valence-electron chi connectivity index (χ1n) is 8.74. The molecule has 0 aliphatic rings. The van der Waals surface area contributed by atoms with E-state index in [1.807, 2.05) is 78.9 Å². The molecule has 3 aromatic rings. The van der Waals surface area contributed by atoms with Crippen molar-refractivity contribution in [3.8, 4) is 0 Å². The molecule has 0 aliphatic carbocycles. The fourth-order valence-corrected chi connectivity index (χ4v) is 2.21. The van der Waals surface area contributed by atoms with Crippen LogP contribution in [0.1, 0.15) is 17.5 Å². The van der Waals surface area contributed by atoms with Crippen LogP contribution >= 0.6 is 0 Å². The number of rotatable bonds is 6. The highest BCUT2D eigenvalue weighted by atomic mass is 16.5. The molecule has 3 aromatic carbocycles. The Bertz CT molecular complexity index is 743. The number of hydrogen-bond acceptors (Lipinski definition) is 3. The van der Waals surface area contributed by atoms with E-state index in [2.05, 4.69) is 24.4 Å². The zero-order valence-electron chi connectivity index (χ0n) is 15.1. The average Bonchev–Trinajstić information content (AvgIpc) is 2.69. The molecule has 0 heterocycles. The SMILES string of the molecule is Cc1ccccc1.O=C(CCNc1ccccc1)OCc1ccccc1. The summed E-state index contributed by atoms with van der Waals surface area (Å²) in [5.74, 6) is -0.188. The number of carbonyl (C=O) groups is 1. The van der Waals surface area contributed by atoms with E-state index in [4.69, 9.17) is 4.74 Å². The van der Waals surface area contributed by atoms with Crippen molar-refractivity contribution >= 4 is 11.7 Å². The molecule has 26 heavy (non-hydrogen) atoms. The molecule has 3 heteroatoms. The molecule has 0 unspecified atom stereocenters. The van der Waals surface area contributed by atoms with E-state index in [0.29, 0.717) is 19.6 Å². The first-order valence-corrected chi connectivity index (χ1v) is 8.74. The number of carbonyl (C=O) groups excluding carboxylic acids is 1. The van der Waals surface area contributed by atoms with E-state index in [-0.39, 0.29) is 5.97 Å². The molecule has 0 radical (unpaired) electrons. The van der Waals surface area contributed by atoms with E-state index in [9.17, 15) is 4.79 Å². The molecule has 3 rings (SSSR count). The molecule has 0 saturated carbocycles. The molecule has 0 saturated heterocycles. The van der Waals surface area contributed by atoms with Gasteiger partial charge in [0, 0.05) is 12.2 Å². The number of nitrogens with one attached hydrogen (secondary N) is 1. The Morgan fingerprint density at radius 3 is 1.88 bits per heavy atom. The summed E-state index contributed by atoms with van der Waals surface area (Å²) in [6, 6.07) is 29.7. The molecule has 0 spiro atoms. The zero-order chi connectivity index (χ0) is 18.5. The van der Waals surface area contributed by atoms with Crippen LogP contribution in [-0.4, -0.2) is 12.5 Å². The molecule has 0 amide bonds. The van der Waals surface area contributed by atoms with Crippen LogP contribution in [0.5, 0.6) is 0 Å². The standard InChI is InChI=1S/C16H17NO2.C7H8/c18-16(19-13-14-7-3-1-4-8-14)11-12-17-15-9-5-2-6-10-15;1-7-5-3-2-4-6-7/h1-10,17H,11-13H2;2-6H,1H3. The third kappa shape index (κ3) is 8.15. The number of aryl methyl sites for hydroxylation is 1. The summed E-state index contributed by atoms with van der Waals surface area (Å²) in [7, 11) is 0. The Kier molecular flexibility index (Phi) is 8.50. The fraction of sp³-hybridized carbons (Fsp3) is 0.174. The van der Waals surface area contributed by atoms with Crippen molar-refractivity contribution in [3.63, 3.8) is 0 Å². The number of benzene rings is 3. The van der Waals surface area contributed by atoms with Gasteiger partial charge < -0.3 is 10.1 Å². The van der Waals surface area contributed by atoms with Gasteiger partial charge in [-0.2, -0.15) is 0 Å². The van der Waals surface area contributed by atoms with Crippen molar-refractivity contribution < 1.29 is 9.53 Å². The number of ether oxygens (including phenoxy) is 1. The second-order valence-electron chi connectivity index (χ2n) is 5.84. The van der Waals surface area contributed by atoms with Gasteiger partial charge in [0.15, 0.2) is 0 Å². The maximum Gasteiger partial charge on any atom is 0.307 e. The van der Waals surface area contributed by atoms with E-state index in [1.165, 1.54) is 5.56 Å². The fourth-order valence-electron chi connectivity index (χ4n) is 2.21. The van der Waals surface area contributed by atoms with Crippen LogP contribution in [0.4, 0.5) is 5.69 Å². The molecule has 0 bridgehead atoms. The molecular weight excluding hydrogens is 322 g/mol. The lowest BCUT2D eigenvalue weighted by Crippen LogP contribution is -2.11. The highest BCUT2D eigenvalue weighted by Crippen LogP contribution is 2.05. The van der Waals surface area contributed by atoms with Gasteiger partial charge in [-0.15, -0.1) is 0 Å². The van der Waals surface area contributed by atoms with Crippen molar-refractivity contribution in [1.29, 1.82) is 0 Å². The van der Waals surface area contributed by atoms with Gasteiger partial charge in [0.1, 0.15) is 6.61 Å². The second-order valence-corrected chi connectivity index (χ2v) is 5.84. The molecule has 0 fully saturated rings. The van der Waals surface area contributed by atoms with Gasteiger partial charge in [0.05, 0.1) is 6.42 Å². The first-order chi connectivity index (χ1) is 12.7. The van der Waals surface area contributed by atoms with Crippen molar-refractivity contribution in [2.75, 3.05) is 11.9 Å². The monoisotopic (exact) mass is 347 g/mol.